The maximum Gasteiger partial charge on any atom is 0.303 e. The fourth-order valence-electron chi connectivity index (χ4n) is 3.18. The van der Waals surface area contributed by atoms with Crippen LogP contribution in [0.5, 0.6) is 0 Å². The summed E-state index contributed by atoms with van der Waals surface area (Å²) < 4.78 is 0. The van der Waals surface area contributed by atoms with Crippen molar-refractivity contribution in [1.82, 2.24) is 0 Å². The summed E-state index contributed by atoms with van der Waals surface area (Å²) in [6, 6.07) is 0. The Kier molecular flexibility index (Phi) is 1.88. The van der Waals surface area contributed by atoms with E-state index in [0.29, 0.717) is 12.0 Å². The van der Waals surface area contributed by atoms with Gasteiger partial charge >= 0.3 is 5.97 Å². The normalized spacial score (nSPS) is 35.2. The molecule has 0 aliphatic heterocycles. The van der Waals surface area contributed by atoms with E-state index < -0.39 is 5.97 Å². The maximum absolute atomic E-state index is 10.8. The van der Waals surface area contributed by atoms with E-state index in [1.807, 2.05) is 0 Å². The second-order valence-corrected chi connectivity index (χ2v) is 4.69. The van der Waals surface area contributed by atoms with Crippen molar-refractivity contribution in [2.75, 3.05) is 6.54 Å². The molecule has 3 nitrogen and oxygen atoms in total. The quantitative estimate of drug-likeness (QED) is 0.694. The summed E-state index contributed by atoms with van der Waals surface area (Å²) in [5, 5.41) is 8.87. The average Bonchev–Trinajstić information content (AvgIpc) is 2.74. The molecule has 0 aromatic carbocycles. The number of carboxylic acids is 1. The Morgan fingerprint density at radius 2 is 2.00 bits per heavy atom. The Morgan fingerprint density at radius 1 is 1.31 bits per heavy atom. The molecule has 1 spiro atoms. The minimum absolute atomic E-state index is 0.0567. The Morgan fingerprint density at radius 3 is 2.46 bits per heavy atom. The highest BCUT2D eigenvalue weighted by molar-refractivity contribution is 5.68. The Labute approximate surface area is 78.3 Å². The topological polar surface area (TPSA) is 63.3 Å². The highest BCUT2D eigenvalue weighted by Crippen LogP contribution is 2.68. The third-order valence-electron chi connectivity index (χ3n) is 4.17. The lowest BCUT2D eigenvalue weighted by atomic mass is 9.72. The van der Waals surface area contributed by atoms with Crippen LogP contribution in [0.4, 0.5) is 0 Å². The molecule has 2 rings (SSSR count). The van der Waals surface area contributed by atoms with Gasteiger partial charge in [0.2, 0.25) is 0 Å². The summed E-state index contributed by atoms with van der Waals surface area (Å²) in [5.41, 5.74) is 6.05. The first-order valence-electron chi connectivity index (χ1n) is 5.06. The Hall–Kier alpha value is -0.570. The maximum atomic E-state index is 10.8. The molecule has 1 atom stereocenters. The molecular weight excluding hydrogens is 166 g/mol. The van der Waals surface area contributed by atoms with Crippen LogP contribution in [-0.2, 0) is 4.79 Å². The van der Waals surface area contributed by atoms with Gasteiger partial charge in [0, 0.05) is 0 Å². The van der Waals surface area contributed by atoms with Gasteiger partial charge in [-0.15, -0.1) is 0 Å². The fourth-order valence-corrected chi connectivity index (χ4v) is 3.18. The van der Waals surface area contributed by atoms with Crippen molar-refractivity contribution in [3.63, 3.8) is 0 Å². The van der Waals surface area contributed by atoms with E-state index >= 15 is 0 Å². The lowest BCUT2D eigenvalue weighted by molar-refractivity contribution is -0.140. The van der Waals surface area contributed by atoms with E-state index in [1.54, 1.807) is 0 Å². The summed E-state index contributed by atoms with van der Waals surface area (Å²) >= 11 is 0. The minimum atomic E-state index is -0.682. The predicted octanol–water partition coefficient (Wildman–Crippen LogP) is 1.37. The molecule has 2 saturated carbocycles. The minimum Gasteiger partial charge on any atom is -0.481 e. The zero-order chi connectivity index (χ0) is 9.53. The van der Waals surface area contributed by atoms with Gasteiger partial charge in [-0.05, 0) is 43.1 Å². The standard InChI is InChI=1S/C10H17NO2/c11-7-10(6-8(12)13)3-1-2-9(10)4-5-9/h1-7,11H2,(H,12,13). The molecule has 3 N–H and O–H groups in total. The second-order valence-electron chi connectivity index (χ2n) is 4.69. The molecule has 0 heterocycles. The molecular formula is C10H17NO2. The fraction of sp³-hybridized carbons (Fsp3) is 0.900. The van der Waals surface area contributed by atoms with Gasteiger partial charge in [-0.1, -0.05) is 6.42 Å². The van der Waals surface area contributed by atoms with E-state index in [9.17, 15) is 4.79 Å². The Bertz CT molecular complexity index is 235. The molecule has 0 aromatic heterocycles. The van der Waals surface area contributed by atoms with Crippen LogP contribution in [0.2, 0.25) is 0 Å². The van der Waals surface area contributed by atoms with Gasteiger partial charge in [-0.2, -0.15) is 0 Å². The van der Waals surface area contributed by atoms with Gasteiger partial charge in [0.15, 0.2) is 0 Å². The summed E-state index contributed by atoms with van der Waals surface area (Å²) in [6.45, 7) is 0.555. The Balaban J connectivity index is 2.18. The first kappa shape index (κ1) is 9.00. The van der Waals surface area contributed by atoms with Gasteiger partial charge in [0.1, 0.15) is 0 Å². The van der Waals surface area contributed by atoms with Crippen molar-refractivity contribution < 1.29 is 9.90 Å². The number of nitrogens with two attached hydrogens (primary N) is 1. The van der Waals surface area contributed by atoms with Gasteiger partial charge in [-0.25, -0.2) is 0 Å². The van der Waals surface area contributed by atoms with Gasteiger partial charge in [0.05, 0.1) is 6.42 Å². The molecule has 0 aromatic rings. The molecule has 0 saturated heterocycles. The molecule has 1 unspecified atom stereocenters. The first-order chi connectivity index (χ1) is 6.14. The zero-order valence-corrected chi connectivity index (χ0v) is 7.88. The predicted molar refractivity (Wildman–Crippen MR) is 49.3 cm³/mol. The molecule has 2 aliphatic rings. The van der Waals surface area contributed by atoms with Gasteiger partial charge in [0.25, 0.3) is 0 Å². The molecule has 0 bridgehead atoms. The van der Waals surface area contributed by atoms with E-state index in [2.05, 4.69) is 0 Å². The van der Waals surface area contributed by atoms with Crippen molar-refractivity contribution in [2.45, 2.75) is 38.5 Å². The van der Waals surface area contributed by atoms with Crippen LogP contribution in [0.25, 0.3) is 0 Å². The lowest BCUT2D eigenvalue weighted by Gasteiger charge is -2.33. The summed E-state index contributed by atoms with van der Waals surface area (Å²) in [6.07, 6.45) is 6.09. The number of hydrogen-bond acceptors (Lipinski definition) is 2. The first-order valence-corrected chi connectivity index (χ1v) is 5.06. The van der Waals surface area contributed by atoms with Crippen molar-refractivity contribution in [1.29, 1.82) is 0 Å². The van der Waals surface area contributed by atoms with Gasteiger partial charge in [-0.3, -0.25) is 4.79 Å². The van der Waals surface area contributed by atoms with Crippen LogP contribution in [0, 0.1) is 10.8 Å². The van der Waals surface area contributed by atoms with Crippen LogP contribution in [-0.4, -0.2) is 17.6 Å². The van der Waals surface area contributed by atoms with Crippen LogP contribution in [0.1, 0.15) is 38.5 Å². The van der Waals surface area contributed by atoms with E-state index in [0.717, 1.165) is 6.42 Å². The SMILES string of the molecule is NCC1(CC(=O)O)CCCC12CC2. The molecule has 2 aliphatic carbocycles. The zero-order valence-electron chi connectivity index (χ0n) is 7.88. The monoisotopic (exact) mass is 183 g/mol. The van der Waals surface area contributed by atoms with Crippen LogP contribution in [0.15, 0.2) is 0 Å². The highest BCUT2D eigenvalue weighted by Gasteiger charge is 2.61. The number of aliphatic carboxylic acids is 1. The third kappa shape index (κ3) is 1.17. The lowest BCUT2D eigenvalue weighted by Crippen LogP contribution is -2.37. The van der Waals surface area contributed by atoms with Gasteiger partial charge < -0.3 is 10.8 Å². The second kappa shape index (κ2) is 2.71. The van der Waals surface area contributed by atoms with Crippen molar-refractivity contribution in [3.05, 3.63) is 0 Å². The summed E-state index contributed by atoms with van der Waals surface area (Å²) in [7, 11) is 0. The summed E-state index contributed by atoms with van der Waals surface area (Å²) in [4.78, 5) is 10.8. The van der Waals surface area contributed by atoms with E-state index in [-0.39, 0.29) is 11.8 Å². The average molecular weight is 183 g/mol. The van der Waals surface area contributed by atoms with E-state index in [1.165, 1.54) is 25.7 Å². The van der Waals surface area contributed by atoms with Crippen molar-refractivity contribution >= 4 is 5.97 Å². The van der Waals surface area contributed by atoms with Crippen molar-refractivity contribution in [3.8, 4) is 0 Å². The molecule has 3 heteroatoms. The number of rotatable bonds is 3. The molecule has 0 amide bonds. The molecule has 0 radical (unpaired) electrons. The van der Waals surface area contributed by atoms with Crippen LogP contribution < -0.4 is 5.73 Å². The summed E-state index contributed by atoms with van der Waals surface area (Å²) in [5.74, 6) is -0.682. The van der Waals surface area contributed by atoms with Crippen molar-refractivity contribution in [2.24, 2.45) is 16.6 Å². The molecule has 13 heavy (non-hydrogen) atoms. The molecule has 74 valence electrons. The highest BCUT2D eigenvalue weighted by atomic mass is 16.4. The van der Waals surface area contributed by atoms with E-state index in [4.69, 9.17) is 10.8 Å². The van der Waals surface area contributed by atoms with Crippen LogP contribution in [0.3, 0.4) is 0 Å². The number of carboxylic acid groups (broad SMARTS) is 1. The third-order valence-corrected chi connectivity index (χ3v) is 4.17. The molecule has 2 fully saturated rings. The van der Waals surface area contributed by atoms with Crippen LogP contribution >= 0.6 is 0 Å². The number of carbonyl (C=O) groups is 1. The smallest absolute Gasteiger partial charge is 0.303 e. The number of hydrogen-bond donors (Lipinski definition) is 2. The largest absolute Gasteiger partial charge is 0.481 e.